The molecule has 2 heterocycles. The van der Waals surface area contributed by atoms with E-state index in [0.29, 0.717) is 13.0 Å². The molecule has 2 rings (SSSR count). The van der Waals surface area contributed by atoms with E-state index in [1.165, 1.54) is 4.88 Å². The number of hydrogen-bond donors (Lipinski definition) is 0. The molecule has 1 unspecified atom stereocenters. The molecule has 1 aliphatic rings. The maximum Gasteiger partial charge on any atom is 0.236 e. The fourth-order valence-corrected chi connectivity index (χ4v) is 4.91. The molecule has 1 amide bonds. The van der Waals surface area contributed by atoms with E-state index in [0.717, 1.165) is 6.54 Å². The van der Waals surface area contributed by atoms with Crippen LogP contribution in [0.4, 0.5) is 0 Å². The first-order chi connectivity index (χ1) is 9.37. The Hall–Kier alpha value is -0.920. The first-order valence-electron chi connectivity index (χ1n) is 6.54. The Labute approximate surface area is 124 Å². The molecule has 1 atom stereocenters. The van der Waals surface area contributed by atoms with Crippen molar-refractivity contribution in [3.63, 3.8) is 0 Å². The molecule has 1 aromatic rings. The maximum absolute atomic E-state index is 12.2. The first-order valence-corrected chi connectivity index (χ1v) is 9.24. The fourth-order valence-electron chi connectivity index (χ4n) is 2.35. The van der Waals surface area contributed by atoms with Gasteiger partial charge in [-0.2, -0.15) is 0 Å². The Morgan fingerprint density at radius 1 is 1.45 bits per heavy atom. The number of nitrogens with zero attached hydrogens (tertiary/aromatic N) is 2. The van der Waals surface area contributed by atoms with Crippen molar-refractivity contribution in [3.05, 3.63) is 22.4 Å². The second-order valence-electron chi connectivity index (χ2n) is 5.31. The van der Waals surface area contributed by atoms with Crippen molar-refractivity contribution in [1.82, 2.24) is 9.80 Å². The molecule has 0 saturated carbocycles. The Morgan fingerprint density at radius 2 is 2.20 bits per heavy atom. The predicted octanol–water partition coefficient (Wildman–Crippen LogP) is 0.825. The summed E-state index contributed by atoms with van der Waals surface area (Å²) in [5.74, 6) is 0.274. The van der Waals surface area contributed by atoms with Crippen LogP contribution in [0.15, 0.2) is 17.5 Å². The molecule has 7 heteroatoms. The molecule has 0 spiro atoms. The van der Waals surface area contributed by atoms with Gasteiger partial charge in [-0.1, -0.05) is 6.07 Å². The van der Waals surface area contributed by atoms with Crippen LogP contribution in [-0.2, 0) is 21.2 Å². The van der Waals surface area contributed by atoms with Crippen LogP contribution >= 0.6 is 11.3 Å². The minimum Gasteiger partial charge on any atom is -0.341 e. The van der Waals surface area contributed by atoms with Crippen LogP contribution < -0.4 is 0 Å². The zero-order chi connectivity index (χ0) is 14.8. The summed E-state index contributed by atoms with van der Waals surface area (Å²) >= 11 is 1.67. The monoisotopic (exact) mass is 316 g/mol. The summed E-state index contributed by atoms with van der Waals surface area (Å²) in [7, 11) is 0.652. The predicted molar refractivity (Wildman–Crippen MR) is 80.5 cm³/mol. The first kappa shape index (κ1) is 15.5. The lowest BCUT2D eigenvalue weighted by Crippen LogP contribution is -2.42. The molecule has 0 radical (unpaired) electrons. The van der Waals surface area contributed by atoms with E-state index in [2.05, 4.69) is 0 Å². The van der Waals surface area contributed by atoms with Gasteiger partial charge >= 0.3 is 0 Å². The standard InChI is InChI=1S/C13H20N2O3S2/c1-14(8-12-4-3-6-19-12)9-13(16)15(2)11-5-7-20(17,18)10-11/h3-4,6,11H,5,7-10H2,1-2H3. The average Bonchev–Trinajstić information content (AvgIpc) is 2.97. The molecule has 5 nitrogen and oxygen atoms in total. The lowest BCUT2D eigenvalue weighted by atomic mass is 10.2. The van der Waals surface area contributed by atoms with Crippen molar-refractivity contribution in [2.75, 3.05) is 32.1 Å². The summed E-state index contributed by atoms with van der Waals surface area (Å²) in [4.78, 5) is 16.9. The third-order valence-corrected chi connectivity index (χ3v) is 6.17. The molecule has 0 aromatic carbocycles. The number of rotatable bonds is 5. The number of hydrogen-bond acceptors (Lipinski definition) is 5. The molecule has 20 heavy (non-hydrogen) atoms. The van der Waals surface area contributed by atoms with Crippen LogP contribution in [0.2, 0.25) is 0 Å². The number of thiophene rings is 1. The van der Waals surface area contributed by atoms with Crippen LogP contribution in [0.1, 0.15) is 11.3 Å². The Bertz CT molecular complexity index is 554. The molecular formula is C13H20N2O3S2. The Balaban J connectivity index is 1.85. The Morgan fingerprint density at radius 3 is 2.75 bits per heavy atom. The number of amides is 1. The van der Waals surface area contributed by atoms with Crippen molar-refractivity contribution in [3.8, 4) is 0 Å². The van der Waals surface area contributed by atoms with E-state index in [1.807, 2.05) is 29.5 Å². The van der Waals surface area contributed by atoms with Crippen molar-refractivity contribution in [2.45, 2.75) is 19.0 Å². The highest BCUT2D eigenvalue weighted by Gasteiger charge is 2.32. The van der Waals surface area contributed by atoms with E-state index in [9.17, 15) is 13.2 Å². The highest BCUT2D eigenvalue weighted by molar-refractivity contribution is 7.91. The SMILES string of the molecule is CN(CC(=O)N(C)C1CCS(=O)(=O)C1)Cc1cccs1. The van der Waals surface area contributed by atoms with Crippen LogP contribution in [0.3, 0.4) is 0 Å². The van der Waals surface area contributed by atoms with E-state index in [-0.39, 0.29) is 23.5 Å². The van der Waals surface area contributed by atoms with Gasteiger partial charge in [-0.3, -0.25) is 9.69 Å². The van der Waals surface area contributed by atoms with Gasteiger partial charge in [0.25, 0.3) is 0 Å². The number of carbonyl (C=O) groups is 1. The molecular weight excluding hydrogens is 296 g/mol. The normalized spacial score (nSPS) is 21.2. The lowest BCUT2D eigenvalue weighted by molar-refractivity contribution is -0.132. The van der Waals surface area contributed by atoms with Crippen LogP contribution in [0.25, 0.3) is 0 Å². The van der Waals surface area contributed by atoms with Gasteiger partial charge in [0.15, 0.2) is 9.84 Å². The molecule has 0 bridgehead atoms. The summed E-state index contributed by atoms with van der Waals surface area (Å²) < 4.78 is 22.9. The van der Waals surface area contributed by atoms with Crippen LogP contribution in [0, 0.1) is 0 Å². The van der Waals surface area contributed by atoms with E-state index >= 15 is 0 Å². The van der Waals surface area contributed by atoms with Crippen molar-refractivity contribution in [1.29, 1.82) is 0 Å². The van der Waals surface area contributed by atoms with Crippen molar-refractivity contribution < 1.29 is 13.2 Å². The lowest BCUT2D eigenvalue weighted by Gasteiger charge is -2.26. The molecule has 0 aliphatic carbocycles. The highest BCUT2D eigenvalue weighted by atomic mass is 32.2. The van der Waals surface area contributed by atoms with Gasteiger partial charge in [0.05, 0.1) is 18.1 Å². The van der Waals surface area contributed by atoms with Gasteiger partial charge in [0.2, 0.25) is 5.91 Å². The van der Waals surface area contributed by atoms with E-state index in [4.69, 9.17) is 0 Å². The minimum absolute atomic E-state index is 0.0221. The molecule has 1 aliphatic heterocycles. The maximum atomic E-state index is 12.2. The molecule has 1 saturated heterocycles. The third-order valence-electron chi connectivity index (χ3n) is 3.56. The van der Waals surface area contributed by atoms with Crippen LogP contribution in [0.5, 0.6) is 0 Å². The van der Waals surface area contributed by atoms with Gasteiger partial charge < -0.3 is 4.90 Å². The average molecular weight is 316 g/mol. The van der Waals surface area contributed by atoms with Crippen molar-refractivity contribution >= 4 is 27.1 Å². The zero-order valence-electron chi connectivity index (χ0n) is 11.8. The molecule has 1 fully saturated rings. The topological polar surface area (TPSA) is 57.7 Å². The zero-order valence-corrected chi connectivity index (χ0v) is 13.4. The molecule has 112 valence electrons. The smallest absolute Gasteiger partial charge is 0.236 e. The Kier molecular flexibility index (Phi) is 4.82. The largest absolute Gasteiger partial charge is 0.341 e. The second-order valence-corrected chi connectivity index (χ2v) is 8.57. The number of sulfone groups is 1. The second kappa shape index (κ2) is 6.24. The van der Waals surface area contributed by atoms with Gasteiger partial charge in [0.1, 0.15) is 0 Å². The van der Waals surface area contributed by atoms with Gasteiger partial charge in [0, 0.05) is 24.5 Å². The summed E-state index contributed by atoms with van der Waals surface area (Å²) in [6.07, 6.45) is 0.555. The summed E-state index contributed by atoms with van der Waals surface area (Å²) in [6, 6.07) is 3.87. The van der Waals surface area contributed by atoms with Gasteiger partial charge in [-0.25, -0.2) is 8.42 Å². The van der Waals surface area contributed by atoms with Gasteiger partial charge in [-0.05, 0) is 24.9 Å². The minimum atomic E-state index is -2.95. The quantitative estimate of drug-likeness (QED) is 0.807. The van der Waals surface area contributed by atoms with Crippen LogP contribution in [-0.4, -0.2) is 62.3 Å². The summed E-state index contributed by atoms with van der Waals surface area (Å²) in [5.41, 5.74) is 0. The van der Waals surface area contributed by atoms with E-state index in [1.54, 1.807) is 23.3 Å². The third kappa shape index (κ3) is 4.04. The van der Waals surface area contributed by atoms with Crippen molar-refractivity contribution in [2.24, 2.45) is 0 Å². The molecule has 1 aromatic heterocycles. The van der Waals surface area contributed by atoms with Gasteiger partial charge in [-0.15, -0.1) is 11.3 Å². The highest BCUT2D eigenvalue weighted by Crippen LogP contribution is 2.17. The molecule has 0 N–H and O–H groups in total. The van der Waals surface area contributed by atoms with E-state index < -0.39 is 9.84 Å². The number of likely N-dealkylation sites (N-methyl/N-ethyl adjacent to an activating group) is 2. The number of carbonyl (C=O) groups excluding carboxylic acids is 1. The summed E-state index contributed by atoms with van der Waals surface area (Å²) in [5, 5.41) is 2.01. The fraction of sp³-hybridized carbons (Fsp3) is 0.615. The summed E-state index contributed by atoms with van der Waals surface area (Å²) in [6.45, 7) is 1.05.